The zero-order valence-corrected chi connectivity index (χ0v) is 19.0. The fourth-order valence-corrected chi connectivity index (χ4v) is 4.32. The average molecular weight is 413 g/mol. The molecule has 158 valence electrons. The molecule has 1 heterocycles. The molecule has 0 N–H and O–H groups in total. The molecule has 4 rings (SSSR count). The monoisotopic (exact) mass is 412 g/mol. The Morgan fingerprint density at radius 1 is 1.06 bits per heavy atom. The summed E-state index contributed by atoms with van der Waals surface area (Å²) in [5, 5.41) is 9.13. The quantitative estimate of drug-likeness (QED) is 0.299. The lowest BCUT2D eigenvalue weighted by Gasteiger charge is -2.17. The number of hydrogen-bond acceptors (Lipinski definition) is 3. The van der Waals surface area contributed by atoms with Crippen LogP contribution in [-0.2, 0) is 10.2 Å². The summed E-state index contributed by atoms with van der Waals surface area (Å²) in [6.45, 7) is 8.90. The maximum Gasteiger partial charge on any atom is 0.212 e. The molecule has 0 spiro atoms. The average Bonchev–Trinajstić information content (AvgIpc) is 2.95. The Balaban J connectivity index is 1.71. The molecule has 0 atom stereocenters. The van der Waals surface area contributed by atoms with Gasteiger partial charge < -0.3 is 0 Å². The van der Waals surface area contributed by atoms with E-state index >= 15 is 0 Å². The van der Waals surface area contributed by atoms with Crippen LogP contribution in [0.4, 0.5) is 11.4 Å². The minimum Gasteiger partial charge on any atom is -0.300 e. The van der Waals surface area contributed by atoms with Gasteiger partial charge in [0, 0.05) is 18.7 Å². The molecule has 3 aromatic rings. The number of benzene rings is 3. The van der Waals surface area contributed by atoms with Gasteiger partial charge in [-0.2, -0.15) is 9.68 Å². The SMILES string of the molecule is CC(=O)CC[N+]1=C(/C=N/N(C)c2ccc3ccccc3c2)C(C)(C)c2cc(C)ccc21. The fraction of sp³-hybridized carbons (Fsp3) is 0.296. The number of rotatable bonds is 6. The smallest absolute Gasteiger partial charge is 0.212 e. The Bertz CT molecular complexity index is 1220. The molecular formula is C27H30N3O+. The second-order valence-electron chi connectivity index (χ2n) is 8.93. The molecule has 3 aromatic carbocycles. The van der Waals surface area contributed by atoms with Crippen LogP contribution in [0.2, 0.25) is 0 Å². The summed E-state index contributed by atoms with van der Waals surface area (Å²) in [6, 6.07) is 21.3. The van der Waals surface area contributed by atoms with Crippen molar-refractivity contribution in [3.63, 3.8) is 0 Å². The third kappa shape index (κ3) is 4.02. The van der Waals surface area contributed by atoms with Crippen molar-refractivity contribution in [2.24, 2.45) is 5.10 Å². The Hall–Kier alpha value is -3.27. The predicted molar refractivity (Wildman–Crippen MR) is 130 cm³/mol. The van der Waals surface area contributed by atoms with Gasteiger partial charge >= 0.3 is 0 Å². The number of fused-ring (bicyclic) bond motifs is 2. The number of nitrogens with zero attached hydrogens (tertiary/aromatic N) is 3. The highest BCUT2D eigenvalue weighted by Gasteiger charge is 2.44. The fourth-order valence-electron chi connectivity index (χ4n) is 4.32. The highest BCUT2D eigenvalue weighted by molar-refractivity contribution is 6.33. The van der Waals surface area contributed by atoms with E-state index in [1.165, 1.54) is 27.6 Å². The summed E-state index contributed by atoms with van der Waals surface area (Å²) < 4.78 is 2.26. The molecule has 0 aliphatic carbocycles. The lowest BCUT2D eigenvalue weighted by atomic mass is 9.81. The van der Waals surface area contributed by atoms with Gasteiger partial charge in [-0.05, 0) is 56.7 Å². The molecule has 0 fully saturated rings. The van der Waals surface area contributed by atoms with E-state index in [0.717, 1.165) is 11.4 Å². The highest BCUT2D eigenvalue weighted by Crippen LogP contribution is 2.39. The summed E-state index contributed by atoms with van der Waals surface area (Å²) in [5.41, 5.74) is 5.66. The molecule has 4 nitrogen and oxygen atoms in total. The number of hydrazone groups is 1. The first-order valence-corrected chi connectivity index (χ1v) is 10.8. The number of anilines is 1. The number of carbonyl (C=O) groups excluding carboxylic acids is 1. The van der Waals surface area contributed by atoms with Gasteiger partial charge in [0.25, 0.3) is 0 Å². The van der Waals surface area contributed by atoms with E-state index in [-0.39, 0.29) is 11.2 Å². The second kappa shape index (κ2) is 8.10. The van der Waals surface area contributed by atoms with Crippen LogP contribution in [0.5, 0.6) is 0 Å². The topological polar surface area (TPSA) is 35.7 Å². The number of hydrogen-bond donors (Lipinski definition) is 0. The van der Waals surface area contributed by atoms with Gasteiger partial charge in [-0.25, -0.2) is 0 Å². The number of carbonyl (C=O) groups is 1. The first-order chi connectivity index (χ1) is 14.8. The highest BCUT2D eigenvalue weighted by atomic mass is 16.1. The lowest BCUT2D eigenvalue weighted by molar-refractivity contribution is -0.435. The molecule has 0 saturated heterocycles. The molecule has 0 bridgehead atoms. The van der Waals surface area contributed by atoms with Gasteiger partial charge in [0.05, 0.1) is 17.5 Å². The number of Topliss-reactive ketones (excluding diaryl/α,β-unsaturated/α-hetero) is 1. The third-order valence-electron chi connectivity index (χ3n) is 6.19. The second-order valence-corrected chi connectivity index (χ2v) is 8.93. The van der Waals surface area contributed by atoms with Crippen LogP contribution in [0.25, 0.3) is 10.8 Å². The van der Waals surface area contributed by atoms with E-state index < -0.39 is 0 Å². The summed E-state index contributed by atoms with van der Waals surface area (Å²) in [6.07, 6.45) is 2.48. The van der Waals surface area contributed by atoms with Gasteiger partial charge in [0.15, 0.2) is 6.54 Å². The molecule has 0 saturated carbocycles. The summed E-state index contributed by atoms with van der Waals surface area (Å²) in [4.78, 5) is 11.7. The summed E-state index contributed by atoms with van der Waals surface area (Å²) in [7, 11) is 1.97. The van der Waals surface area contributed by atoms with Gasteiger partial charge in [-0.15, -0.1) is 0 Å². The number of ketones is 1. The van der Waals surface area contributed by atoms with E-state index in [1.807, 2.05) is 18.3 Å². The summed E-state index contributed by atoms with van der Waals surface area (Å²) in [5.74, 6) is 0.197. The van der Waals surface area contributed by atoms with Crippen molar-refractivity contribution in [2.75, 3.05) is 18.6 Å². The Labute approximate surface area is 184 Å². The van der Waals surface area contributed by atoms with Crippen LogP contribution >= 0.6 is 0 Å². The Kier molecular flexibility index (Phi) is 5.48. The van der Waals surface area contributed by atoms with Gasteiger partial charge in [-0.1, -0.05) is 42.0 Å². The molecule has 0 radical (unpaired) electrons. The standard InChI is InChI=1S/C27H30N3O/c1-19-10-13-25-24(16-19)27(3,4)26(30(25)15-14-20(2)31)18-28-29(5)23-12-11-21-8-6-7-9-22(21)17-23/h6-13,16-18H,14-15H2,1-5H3/q+1. The summed E-state index contributed by atoms with van der Waals surface area (Å²) >= 11 is 0. The maximum absolute atomic E-state index is 11.7. The first-order valence-electron chi connectivity index (χ1n) is 10.8. The molecule has 0 aromatic heterocycles. The molecule has 0 unspecified atom stereocenters. The maximum atomic E-state index is 11.7. The van der Waals surface area contributed by atoms with Crippen molar-refractivity contribution >= 4 is 39.9 Å². The Morgan fingerprint density at radius 2 is 1.81 bits per heavy atom. The first kappa shape index (κ1) is 21.0. The van der Waals surface area contributed by atoms with Crippen LogP contribution in [-0.4, -0.2) is 35.9 Å². The number of aryl methyl sites for hydroxylation is 1. The minimum absolute atomic E-state index is 0.189. The minimum atomic E-state index is -0.189. The zero-order valence-electron chi connectivity index (χ0n) is 19.0. The van der Waals surface area contributed by atoms with Crippen LogP contribution in [0, 0.1) is 6.92 Å². The van der Waals surface area contributed by atoms with E-state index in [4.69, 9.17) is 5.10 Å². The molecule has 1 aliphatic rings. The van der Waals surface area contributed by atoms with Crippen molar-refractivity contribution in [3.8, 4) is 0 Å². The van der Waals surface area contributed by atoms with Crippen molar-refractivity contribution in [3.05, 3.63) is 71.8 Å². The lowest BCUT2D eigenvalue weighted by Crippen LogP contribution is -2.32. The van der Waals surface area contributed by atoms with Gasteiger partial charge in [0.1, 0.15) is 12.0 Å². The van der Waals surface area contributed by atoms with E-state index in [0.29, 0.717) is 13.0 Å². The Morgan fingerprint density at radius 3 is 2.55 bits per heavy atom. The van der Waals surface area contributed by atoms with Crippen LogP contribution in [0.15, 0.2) is 65.8 Å². The third-order valence-corrected chi connectivity index (χ3v) is 6.19. The van der Waals surface area contributed by atoms with E-state index in [2.05, 4.69) is 86.0 Å². The van der Waals surface area contributed by atoms with Crippen molar-refractivity contribution in [2.45, 2.75) is 39.5 Å². The van der Waals surface area contributed by atoms with Crippen molar-refractivity contribution in [1.82, 2.24) is 0 Å². The van der Waals surface area contributed by atoms with E-state index in [1.54, 1.807) is 6.92 Å². The van der Waals surface area contributed by atoms with Crippen LogP contribution in [0.3, 0.4) is 0 Å². The predicted octanol–water partition coefficient (Wildman–Crippen LogP) is 5.63. The molecular weight excluding hydrogens is 382 g/mol. The largest absolute Gasteiger partial charge is 0.300 e. The molecule has 1 aliphatic heterocycles. The molecule has 4 heteroatoms. The molecule has 31 heavy (non-hydrogen) atoms. The molecule has 0 amide bonds. The van der Waals surface area contributed by atoms with Crippen molar-refractivity contribution < 1.29 is 9.37 Å². The zero-order chi connectivity index (χ0) is 22.2. The van der Waals surface area contributed by atoms with Crippen LogP contribution in [0.1, 0.15) is 38.3 Å². The van der Waals surface area contributed by atoms with Crippen LogP contribution < -0.4 is 5.01 Å². The van der Waals surface area contributed by atoms with Gasteiger partial charge in [-0.3, -0.25) is 9.80 Å². The van der Waals surface area contributed by atoms with E-state index in [9.17, 15) is 4.79 Å². The van der Waals surface area contributed by atoms with Crippen molar-refractivity contribution in [1.29, 1.82) is 0 Å². The normalized spacial score (nSPS) is 15.0. The van der Waals surface area contributed by atoms with Gasteiger partial charge in [0.2, 0.25) is 11.4 Å².